The van der Waals surface area contributed by atoms with Crippen LogP contribution in [0.25, 0.3) is 0 Å². The molecular weight excluding hydrogens is 248 g/mol. The van der Waals surface area contributed by atoms with E-state index in [0.717, 1.165) is 18.4 Å². The predicted molar refractivity (Wildman–Crippen MR) is 74.9 cm³/mol. The molecule has 0 fully saturated rings. The van der Waals surface area contributed by atoms with Gasteiger partial charge in [-0.1, -0.05) is 37.3 Å². The maximum absolute atomic E-state index is 11.8. The highest BCUT2D eigenvalue weighted by Crippen LogP contribution is 2.16. The molecule has 0 bridgehead atoms. The molecule has 1 aromatic rings. The Morgan fingerprint density at radius 3 is 2.50 bits per heavy atom. The van der Waals surface area contributed by atoms with Gasteiger partial charge in [-0.2, -0.15) is 0 Å². The standard InChI is InChI=1S/C13H22N2O2S/c1-12(13-7-3-2-4-8-13)11-18(16,17)15-10-6-5-9-14/h2-4,7-8,12,15H,5-6,9-11,14H2,1H3. The van der Waals surface area contributed by atoms with Gasteiger partial charge in [0, 0.05) is 6.54 Å². The first kappa shape index (κ1) is 15.1. The van der Waals surface area contributed by atoms with Crippen LogP contribution in [0.15, 0.2) is 30.3 Å². The molecule has 1 rings (SSSR count). The number of rotatable bonds is 8. The molecule has 0 aliphatic heterocycles. The van der Waals surface area contributed by atoms with Crippen LogP contribution in [0.3, 0.4) is 0 Å². The van der Waals surface area contributed by atoms with Crippen molar-refractivity contribution >= 4 is 10.0 Å². The van der Waals surface area contributed by atoms with Crippen molar-refractivity contribution in [1.29, 1.82) is 0 Å². The van der Waals surface area contributed by atoms with E-state index < -0.39 is 10.0 Å². The van der Waals surface area contributed by atoms with Crippen LogP contribution in [-0.2, 0) is 10.0 Å². The minimum Gasteiger partial charge on any atom is -0.330 e. The maximum atomic E-state index is 11.8. The Morgan fingerprint density at radius 2 is 1.89 bits per heavy atom. The van der Waals surface area contributed by atoms with E-state index in [-0.39, 0.29) is 11.7 Å². The minimum absolute atomic E-state index is 0.00166. The lowest BCUT2D eigenvalue weighted by atomic mass is 10.0. The van der Waals surface area contributed by atoms with Crippen LogP contribution >= 0.6 is 0 Å². The molecule has 4 nitrogen and oxygen atoms in total. The Kier molecular flexibility index (Phi) is 6.32. The molecule has 0 aliphatic rings. The van der Waals surface area contributed by atoms with Crippen molar-refractivity contribution in [3.8, 4) is 0 Å². The Labute approximate surface area is 110 Å². The van der Waals surface area contributed by atoms with Gasteiger partial charge in [0.05, 0.1) is 5.75 Å². The van der Waals surface area contributed by atoms with Gasteiger partial charge in [0.25, 0.3) is 0 Å². The Bertz CT molecular complexity index is 432. The van der Waals surface area contributed by atoms with Crippen molar-refractivity contribution < 1.29 is 8.42 Å². The van der Waals surface area contributed by atoms with E-state index in [4.69, 9.17) is 5.73 Å². The van der Waals surface area contributed by atoms with Gasteiger partial charge in [0.2, 0.25) is 10.0 Å². The topological polar surface area (TPSA) is 72.2 Å². The number of benzene rings is 1. The second-order valence-electron chi connectivity index (χ2n) is 4.48. The summed E-state index contributed by atoms with van der Waals surface area (Å²) in [5.74, 6) is 0.123. The molecule has 5 heteroatoms. The highest BCUT2D eigenvalue weighted by atomic mass is 32.2. The lowest BCUT2D eigenvalue weighted by Gasteiger charge is -2.13. The zero-order valence-corrected chi connectivity index (χ0v) is 11.6. The first-order chi connectivity index (χ1) is 8.55. The Balaban J connectivity index is 2.45. The van der Waals surface area contributed by atoms with E-state index in [1.54, 1.807) is 0 Å². The number of nitrogens with two attached hydrogens (primary N) is 1. The van der Waals surface area contributed by atoms with Gasteiger partial charge in [-0.25, -0.2) is 13.1 Å². The van der Waals surface area contributed by atoms with Crippen molar-refractivity contribution in [3.63, 3.8) is 0 Å². The number of unbranched alkanes of at least 4 members (excludes halogenated alkanes) is 1. The summed E-state index contributed by atoms with van der Waals surface area (Å²) >= 11 is 0. The van der Waals surface area contributed by atoms with Gasteiger partial charge < -0.3 is 5.73 Å². The second-order valence-corrected chi connectivity index (χ2v) is 6.33. The summed E-state index contributed by atoms with van der Waals surface area (Å²) in [7, 11) is -3.20. The van der Waals surface area contributed by atoms with Crippen LogP contribution < -0.4 is 10.5 Å². The van der Waals surface area contributed by atoms with Crippen LogP contribution in [-0.4, -0.2) is 27.3 Å². The van der Waals surface area contributed by atoms with E-state index in [1.807, 2.05) is 37.3 Å². The zero-order valence-electron chi connectivity index (χ0n) is 10.8. The fourth-order valence-corrected chi connectivity index (χ4v) is 3.19. The van der Waals surface area contributed by atoms with Gasteiger partial charge in [-0.3, -0.25) is 0 Å². The molecule has 18 heavy (non-hydrogen) atoms. The summed E-state index contributed by atoms with van der Waals surface area (Å²) in [5.41, 5.74) is 6.40. The monoisotopic (exact) mass is 270 g/mol. The van der Waals surface area contributed by atoms with Gasteiger partial charge in [0.15, 0.2) is 0 Å². The summed E-state index contributed by atoms with van der Waals surface area (Å²) in [6.45, 7) is 3.00. The van der Waals surface area contributed by atoms with E-state index in [0.29, 0.717) is 13.1 Å². The molecule has 0 amide bonds. The fraction of sp³-hybridized carbons (Fsp3) is 0.538. The van der Waals surface area contributed by atoms with Crippen LogP contribution in [0, 0.1) is 0 Å². The Hall–Kier alpha value is -0.910. The Morgan fingerprint density at radius 1 is 1.22 bits per heavy atom. The third kappa shape index (κ3) is 5.62. The van der Waals surface area contributed by atoms with Crippen LogP contribution in [0.2, 0.25) is 0 Å². The van der Waals surface area contributed by atoms with Gasteiger partial charge >= 0.3 is 0 Å². The van der Waals surface area contributed by atoms with Crippen LogP contribution in [0.4, 0.5) is 0 Å². The van der Waals surface area contributed by atoms with Gasteiger partial charge in [-0.15, -0.1) is 0 Å². The van der Waals surface area contributed by atoms with Gasteiger partial charge in [-0.05, 0) is 30.9 Å². The minimum atomic E-state index is -3.20. The van der Waals surface area contributed by atoms with Crippen molar-refractivity contribution in [2.24, 2.45) is 5.73 Å². The van der Waals surface area contributed by atoms with Crippen LogP contribution in [0.5, 0.6) is 0 Å². The zero-order chi connectivity index (χ0) is 13.4. The molecule has 0 aliphatic carbocycles. The van der Waals surface area contributed by atoms with Crippen LogP contribution in [0.1, 0.15) is 31.2 Å². The molecule has 102 valence electrons. The molecule has 0 saturated heterocycles. The van der Waals surface area contributed by atoms with Crippen molar-refractivity contribution in [3.05, 3.63) is 35.9 Å². The van der Waals surface area contributed by atoms with E-state index in [2.05, 4.69) is 4.72 Å². The lowest BCUT2D eigenvalue weighted by Crippen LogP contribution is -2.29. The average molecular weight is 270 g/mol. The maximum Gasteiger partial charge on any atom is 0.212 e. The summed E-state index contributed by atoms with van der Waals surface area (Å²) < 4.78 is 26.3. The summed E-state index contributed by atoms with van der Waals surface area (Å²) in [5, 5.41) is 0. The molecule has 1 aromatic carbocycles. The highest BCUT2D eigenvalue weighted by molar-refractivity contribution is 7.89. The summed E-state index contributed by atoms with van der Waals surface area (Å²) in [6, 6.07) is 9.68. The highest BCUT2D eigenvalue weighted by Gasteiger charge is 2.16. The fourth-order valence-electron chi connectivity index (χ4n) is 1.76. The molecule has 0 saturated carbocycles. The van der Waals surface area contributed by atoms with E-state index in [9.17, 15) is 8.42 Å². The largest absolute Gasteiger partial charge is 0.330 e. The molecule has 3 N–H and O–H groups in total. The quantitative estimate of drug-likeness (QED) is 0.702. The SMILES string of the molecule is CC(CS(=O)(=O)NCCCCN)c1ccccc1. The normalized spacial score (nSPS) is 13.4. The molecule has 0 spiro atoms. The number of nitrogens with one attached hydrogen (secondary N) is 1. The molecule has 0 aromatic heterocycles. The summed E-state index contributed by atoms with van der Waals surface area (Å²) in [4.78, 5) is 0. The number of sulfonamides is 1. The third-order valence-corrected chi connectivity index (χ3v) is 4.37. The molecular formula is C13H22N2O2S. The van der Waals surface area contributed by atoms with Gasteiger partial charge in [0.1, 0.15) is 0 Å². The second kappa shape index (κ2) is 7.51. The van der Waals surface area contributed by atoms with Crippen molar-refractivity contribution in [1.82, 2.24) is 4.72 Å². The predicted octanol–water partition coefficient (Wildman–Crippen LogP) is 1.45. The first-order valence-electron chi connectivity index (χ1n) is 6.27. The molecule has 1 atom stereocenters. The first-order valence-corrected chi connectivity index (χ1v) is 7.93. The lowest BCUT2D eigenvalue weighted by molar-refractivity contribution is 0.572. The third-order valence-electron chi connectivity index (χ3n) is 2.79. The smallest absolute Gasteiger partial charge is 0.212 e. The van der Waals surface area contributed by atoms with E-state index >= 15 is 0 Å². The average Bonchev–Trinajstić information content (AvgIpc) is 2.35. The molecule has 1 unspecified atom stereocenters. The number of hydrogen-bond donors (Lipinski definition) is 2. The summed E-state index contributed by atoms with van der Waals surface area (Å²) in [6.07, 6.45) is 1.63. The molecule has 0 heterocycles. The van der Waals surface area contributed by atoms with Crippen molar-refractivity contribution in [2.75, 3.05) is 18.8 Å². The number of hydrogen-bond acceptors (Lipinski definition) is 3. The molecule has 0 radical (unpaired) electrons. The van der Waals surface area contributed by atoms with E-state index in [1.165, 1.54) is 0 Å². The van der Waals surface area contributed by atoms with Crippen molar-refractivity contribution in [2.45, 2.75) is 25.7 Å².